The third-order valence-electron chi connectivity index (χ3n) is 3.13. The van der Waals surface area contributed by atoms with Crippen molar-refractivity contribution in [3.63, 3.8) is 0 Å². The lowest BCUT2D eigenvalue weighted by atomic mass is 10.1. The maximum absolute atomic E-state index is 10.1. The molecule has 1 aliphatic heterocycles. The molecule has 0 bridgehead atoms. The maximum atomic E-state index is 10.1. The lowest BCUT2D eigenvalue weighted by molar-refractivity contribution is 0.0586. The number of fused-ring (bicyclic) bond motifs is 1. The zero-order valence-corrected chi connectivity index (χ0v) is 11.5. The molecule has 1 heterocycles. The number of aliphatic hydroxyl groups is 2. The van der Waals surface area contributed by atoms with Crippen LogP contribution in [0.15, 0.2) is 18.2 Å². The van der Waals surface area contributed by atoms with Crippen molar-refractivity contribution in [2.45, 2.75) is 18.6 Å². The molecule has 1 aliphatic rings. The number of nitrogens with one attached hydrogen (secondary N) is 1. The van der Waals surface area contributed by atoms with Gasteiger partial charge in [-0.15, -0.1) is 0 Å². The van der Waals surface area contributed by atoms with Crippen LogP contribution in [0.5, 0.6) is 11.5 Å². The number of benzene rings is 1. The number of rotatable bonds is 8. The van der Waals surface area contributed by atoms with Crippen LogP contribution in [0.25, 0.3) is 0 Å². The summed E-state index contributed by atoms with van der Waals surface area (Å²) in [6, 6.07) is 5.40. The van der Waals surface area contributed by atoms with Gasteiger partial charge in [-0.3, -0.25) is 0 Å². The number of aliphatic hydroxyl groups excluding tert-OH is 2. The van der Waals surface area contributed by atoms with E-state index in [0.29, 0.717) is 37.6 Å². The molecule has 0 spiro atoms. The van der Waals surface area contributed by atoms with E-state index in [-0.39, 0.29) is 6.79 Å². The van der Waals surface area contributed by atoms with Gasteiger partial charge < -0.3 is 29.7 Å². The largest absolute Gasteiger partial charge is 0.454 e. The zero-order chi connectivity index (χ0) is 14.4. The van der Waals surface area contributed by atoms with Crippen LogP contribution in [0.2, 0.25) is 0 Å². The van der Waals surface area contributed by atoms with Crippen LogP contribution in [0.4, 0.5) is 0 Å². The van der Waals surface area contributed by atoms with Gasteiger partial charge in [-0.2, -0.15) is 0 Å². The smallest absolute Gasteiger partial charge is 0.231 e. The molecule has 112 valence electrons. The second-order valence-electron chi connectivity index (χ2n) is 4.73. The van der Waals surface area contributed by atoms with Crippen molar-refractivity contribution in [2.24, 2.45) is 0 Å². The van der Waals surface area contributed by atoms with Crippen molar-refractivity contribution in [1.82, 2.24) is 5.32 Å². The average molecular weight is 283 g/mol. The van der Waals surface area contributed by atoms with Crippen LogP contribution in [0, 0.1) is 0 Å². The molecule has 0 amide bonds. The fourth-order valence-corrected chi connectivity index (χ4v) is 2.02. The van der Waals surface area contributed by atoms with Crippen LogP contribution in [-0.2, 0) is 4.74 Å². The van der Waals surface area contributed by atoms with E-state index in [1.165, 1.54) is 0 Å². The molecule has 0 fully saturated rings. The van der Waals surface area contributed by atoms with Gasteiger partial charge in [-0.1, -0.05) is 6.07 Å². The van der Waals surface area contributed by atoms with Crippen LogP contribution in [-0.4, -0.2) is 49.9 Å². The first-order valence-electron chi connectivity index (χ1n) is 6.66. The summed E-state index contributed by atoms with van der Waals surface area (Å²) < 4.78 is 15.3. The highest BCUT2D eigenvalue weighted by molar-refractivity contribution is 5.45. The normalized spacial score (nSPS) is 16.1. The van der Waals surface area contributed by atoms with Gasteiger partial charge in [0.05, 0.1) is 18.8 Å². The van der Waals surface area contributed by atoms with Gasteiger partial charge in [0.15, 0.2) is 11.5 Å². The van der Waals surface area contributed by atoms with E-state index in [1.807, 2.05) is 6.07 Å². The van der Waals surface area contributed by atoms with Crippen LogP contribution >= 0.6 is 0 Å². The summed E-state index contributed by atoms with van der Waals surface area (Å²) in [6.07, 6.45) is -0.513. The first-order chi connectivity index (χ1) is 9.70. The Labute approximate surface area is 118 Å². The molecule has 6 heteroatoms. The number of hydrogen-bond acceptors (Lipinski definition) is 6. The molecule has 2 unspecified atom stereocenters. The molecule has 6 nitrogen and oxygen atoms in total. The summed E-state index contributed by atoms with van der Waals surface area (Å²) in [7, 11) is 1.56. The predicted molar refractivity (Wildman–Crippen MR) is 72.9 cm³/mol. The monoisotopic (exact) mass is 283 g/mol. The Morgan fingerprint density at radius 3 is 2.90 bits per heavy atom. The molecule has 0 radical (unpaired) electrons. The van der Waals surface area contributed by atoms with E-state index in [2.05, 4.69) is 5.32 Å². The van der Waals surface area contributed by atoms with Gasteiger partial charge in [0.2, 0.25) is 6.79 Å². The third kappa shape index (κ3) is 4.08. The number of methoxy groups -OCH3 is 1. The molecular weight excluding hydrogens is 262 g/mol. The van der Waals surface area contributed by atoms with Crippen molar-refractivity contribution in [3.05, 3.63) is 23.8 Å². The maximum Gasteiger partial charge on any atom is 0.231 e. The Bertz CT molecular complexity index is 426. The lowest BCUT2D eigenvalue weighted by Gasteiger charge is -2.14. The van der Waals surface area contributed by atoms with Gasteiger partial charge in [0.1, 0.15) is 0 Å². The fourth-order valence-electron chi connectivity index (χ4n) is 2.02. The van der Waals surface area contributed by atoms with E-state index in [0.717, 1.165) is 5.56 Å². The summed E-state index contributed by atoms with van der Waals surface area (Å²) >= 11 is 0. The van der Waals surface area contributed by atoms with Gasteiger partial charge in [0, 0.05) is 13.7 Å². The predicted octanol–water partition coefficient (Wildman–Crippen LogP) is 0.436. The molecule has 0 saturated carbocycles. The average Bonchev–Trinajstić information content (AvgIpc) is 2.91. The fraction of sp³-hybridized carbons (Fsp3) is 0.571. The summed E-state index contributed by atoms with van der Waals surface area (Å²) in [6.45, 7) is 1.59. The second-order valence-corrected chi connectivity index (χ2v) is 4.73. The van der Waals surface area contributed by atoms with E-state index < -0.39 is 12.2 Å². The molecule has 20 heavy (non-hydrogen) atoms. The zero-order valence-electron chi connectivity index (χ0n) is 11.5. The second kappa shape index (κ2) is 7.44. The van der Waals surface area contributed by atoms with E-state index >= 15 is 0 Å². The van der Waals surface area contributed by atoms with Crippen molar-refractivity contribution in [1.29, 1.82) is 0 Å². The highest BCUT2D eigenvalue weighted by Crippen LogP contribution is 2.33. The van der Waals surface area contributed by atoms with Crippen molar-refractivity contribution in [2.75, 3.05) is 33.6 Å². The molecule has 2 rings (SSSR count). The molecule has 2 atom stereocenters. The molecule has 0 aromatic heterocycles. The number of ether oxygens (including phenoxy) is 3. The number of hydrogen-bond donors (Lipinski definition) is 3. The minimum atomic E-state index is -0.621. The molecule has 3 N–H and O–H groups in total. The topological polar surface area (TPSA) is 80.2 Å². The first-order valence-corrected chi connectivity index (χ1v) is 6.66. The minimum Gasteiger partial charge on any atom is -0.454 e. The summed E-state index contributed by atoms with van der Waals surface area (Å²) in [5.41, 5.74) is 0.777. The molecule has 0 aliphatic carbocycles. The van der Waals surface area contributed by atoms with E-state index in [9.17, 15) is 10.2 Å². The highest BCUT2D eigenvalue weighted by atomic mass is 16.7. The summed E-state index contributed by atoms with van der Waals surface area (Å²) in [5.74, 6) is 1.37. The van der Waals surface area contributed by atoms with Crippen molar-refractivity contribution < 1.29 is 24.4 Å². The van der Waals surface area contributed by atoms with E-state index in [1.54, 1.807) is 19.2 Å². The Kier molecular flexibility index (Phi) is 5.60. The van der Waals surface area contributed by atoms with E-state index in [4.69, 9.17) is 14.2 Å². The van der Waals surface area contributed by atoms with Gasteiger partial charge in [0.25, 0.3) is 0 Å². The van der Waals surface area contributed by atoms with Gasteiger partial charge in [-0.05, 0) is 30.7 Å². The van der Waals surface area contributed by atoms with Gasteiger partial charge >= 0.3 is 0 Å². The van der Waals surface area contributed by atoms with Crippen molar-refractivity contribution >= 4 is 0 Å². The summed E-state index contributed by atoms with van der Waals surface area (Å²) in [5, 5.41) is 22.7. The Hall–Kier alpha value is -1.34. The van der Waals surface area contributed by atoms with Crippen LogP contribution < -0.4 is 14.8 Å². The van der Waals surface area contributed by atoms with Crippen LogP contribution in [0.1, 0.15) is 18.1 Å². The molecular formula is C14H21NO5. The van der Waals surface area contributed by atoms with Crippen LogP contribution in [0.3, 0.4) is 0 Å². The SMILES string of the molecule is COCC(O)CCNCC(O)c1ccc2c(c1)OCO2. The third-order valence-corrected chi connectivity index (χ3v) is 3.13. The Morgan fingerprint density at radius 1 is 1.30 bits per heavy atom. The first kappa shape index (κ1) is 15.1. The molecule has 1 aromatic rings. The minimum absolute atomic E-state index is 0.227. The quantitative estimate of drug-likeness (QED) is 0.601. The van der Waals surface area contributed by atoms with Gasteiger partial charge in [-0.25, -0.2) is 0 Å². The lowest BCUT2D eigenvalue weighted by Crippen LogP contribution is -2.26. The summed E-state index contributed by atoms with van der Waals surface area (Å²) in [4.78, 5) is 0. The standard InChI is InChI=1S/C14H21NO5/c1-18-8-11(16)4-5-15-7-12(17)10-2-3-13-14(6-10)20-9-19-13/h2-3,6,11-12,15-17H,4-5,7-9H2,1H3. The molecule has 0 saturated heterocycles. The Morgan fingerprint density at radius 2 is 2.10 bits per heavy atom. The molecule has 1 aromatic carbocycles. The highest BCUT2D eigenvalue weighted by Gasteiger charge is 2.16. The Balaban J connectivity index is 1.73. The van der Waals surface area contributed by atoms with Crippen molar-refractivity contribution in [3.8, 4) is 11.5 Å².